The SMILES string of the molecule is O=C(Cc1nc(-c2ccccn2)n[nH]1)NCc1nc2ccccc2s1. The van der Waals surface area contributed by atoms with Crippen LogP contribution in [-0.2, 0) is 17.8 Å². The van der Waals surface area contributed by atoms with Crippen LogP contribution < -0.4 is 5.32 Å². The molecule has 2 N–H and O–H groups in total. The van der Waals surface area contributed by atoms with Crippen molar-refractivity contribution in [2.24, 2.45) is 0 Å². The molecule has 0 aliphatic rings. The molecule has 0 aliphatic carbocycles. The van der Waals surface area contributed by atoms with Crippen molar-refractivity contribution in [1.29, 1.82) is 0 Å². The van der Waals surface area contributed by atoms with Crippen LogP contribution in [0.25, 0.3) is 21.7 Å². The van der Waals surface area contributed by atoms with Crippen molar-refractivity contribution in [2.75, 3.05) is 0 Å². The second-order valence-electron chi connectivity index (χ2n) is 5.35. The molecule has 4 rings (SSSR count). The number of aromatic nitrogens is 5. The molecule has 0 unspecified atom stereocenters. The minimum atomic E-state index is -0.136. The largest absolute Gasteiger partial charge is 0.349 e. The van der Waals surface area contributed by atoms with E-state index in [1.165, 1.54) is 0 Å². The molecule has 3 aromatic heterocycles. The number of nitrogens with one attached hydrogen (secondary N) is 2. The van der Waals surface area contributed by atoms with Crippen LogP contribution in [0.5, 0.6) is 0 Å². The number of hydrogen-bond acceptors (Lipinski definition) is 6. The molecule has 0 bridgehead atoms. The number of nitrogens with zero attached hydrogens (tertiary/aromatic N) is 4. The summed E-state index contributed by atoms with van der Waals surface area (Å²) in [4.78, 5) is 25.1. The number of thiazole rings is 1. The molecule has 0 spiro atoms. The van der Waals surface area contributed by atoms with Gasteiger partial charge in [-0.1, -0.05) is 18.2 Å². The molecule has 0 atom stereocenters. The van der Waals surface area contributed by atoms with E-state index in [1.54, 1.807) is 17.5 Å². The van der Waals surface area contributed by atoms with E-state index in [4.69, 9.17) is 0 Å². The van der Waals surface area contributed by atoms with Gasteiger partial charge < -0.3 is 5.32 Å². The van der Waals surface area contributed by atoms with Crippen LogP contribution in [0, 0.1) is 0 Å². The average molecular weight is 350 g/mol. The predicted octanol–water partition coefficient (Wildman–Crippen LogP) is 2.34. The zero-order chi connectivity index (χ0) is 17.1. The molecular formula is C17H14N6OS. The number of carbonyl (C=O) groups is 1. The summed E-state index contributed by atoms with van der Waals surface area (Å²) in [5.74, 6) is 0.847. The Morgan fingerprint density at radius 2 is 2.00 bits per heavy atom. The Bertz CT molecular complexity index is 977. The molecule has 0 radical (unpaired) electrons. The maximum absolute atomic E-state index is 12.1. The van der Waals surface area contributed by atoms with Crippen molar-refractivity contribution in [3.05, 3.63) is 59.5 Å². The van der Waals surface area contributed by atoms with E-state index in [0.29, 0.717) is 23.9 Å². The molecule has 0 aliphatic heterocycles. The van der Waals surface area contributed by atoms with Crippen LogP contribution in [0.3, 0.4) is 0 Å². The van der Waals surface area contributed by atoms with Crippen molar-refractivity contribution >= 4 is 27.5 Å². The van der Waals surface area contributed by atoms with Gasteiger partial charge in [-0.2, -0.15) is 5.10 Å². The topological polar surface area (TPSA) is 96.5 Å². The first kappa shape index (κ1) is 15.4. The predicted molar refractivity (Wildman–Crippen MR) is 94.8 cm³/mol. The zero-order valence-corrected chi connectivity index (χ0v) is 14.0. The first-order valence-corrected chi connectivity index (χ1v) is 8.53. The van der Waals surface area contributed by atoms with Gasteiger partial charge in [-0.3, -0.25) is 14.9 Å². The summed E-state index contributed by atoms with van der Waals surface area (Å²) >= 11 is 1.58. The Balaban J connectivity index is 1.37. The molecule has 4 aromatic rings. The third-order valence-corrected chi connectivity index (χ3v) is 4.57. The third kappa shape index (κ3) is 3.53. The highest BCUT2D eigenvalue weighted by molar-refractivity contribution is 7.18. The summed E-state index contributed by atoms with van der Waals surface area (Å²) < 4.78 is 1.11. The summed E-state index contributed by atoms with van der Waals surface area (Å²) in [6.45, 7) is 0.402. The Labute approximate surface area is 147 Å². The van der Waals surface area contributed by atoms with Gasteiger partial charge >= 0.3 is 0 Å². The highest BCUT2D eigenvalue weighted by atomic mass is 32.1. The molecule has 8 heteroatoms. The van der Waals surface area contributed by atoms with Gasteiger partial charge in [-0.05, 0) is 24.3 Å². The van der Waals surface area contributed by atoms with Crippen LogP contribution >= 0.6 is 11.3 Å². The van der Waals surface area contributed by atoms with Gasteiger partial charge in [0.2, 0.25) is 5.91 Å². The van der Waals surface area contributed by atoms with E-state index in [0.717, 1.165) is 15.2 Å². The lowest BCUT2D eigenvalue weighted by Crippen LogP contribution is -2.24. The minimum Gasteiger partial charge on any atom is -0.349 e. The third-order valence-electron chi connectivity index (χ3n) is 3.53. The lowest BCUT2D eigenvalue weighted by molar-refractivity contribution is -0.120. The number of carbonyl (C=O) groups excluding carboxylic acids is 1. The van der Waals surface area contributed by atoms with Crippen LogP contribution in [0.1, 0.15) is 10.8 Å². The van der Waals surface area contributed by atoms with Crippen molar-refractivity contribution < 1.29 is 4.79 Å². The smallest absolute Gasteiger partial charge is 0.227 e. The Kier molecular flexibility index (Phi) is 4.17. The molecule has 1 aromatic carbocycles. The summed E-state index contributed by atoms with van der Waals surface area (Å²) in [6, 6.07) is 13.4. The Hall–Kier alpha value is -3.13. The normalized spacial score (nSPS) is 10.9. The van der Waals surface area contributed by atoms with Gasteiger partial charge in [-0.25, -0.2) is 9.97 Å². The van der Waals surface area contributed by atoms with Gasteiger partial charge in [0.05, 0.1) is 23.2 Å². The monoisotopic (exact) mass is 350 g/mol. The highest BCUT2D eigenvalue weighted by Gasteiger charge is 2.11. The maximum Gasteiger partial charge on any atom is 0.227 e. The number of hydrogen-bond donors (Lipinski definition) is 2. The molecule has 0 saturated heterocycles. The fourth-order valence-electron chi connectivity index (χ4n) is 2.37. The van der Waals surface area contributed by atoms with E-state index < -0.39 is 0 Å². The fraction of sp³-hybridized carbons (Fsp3) is 0.118. The average Bonchev–Trinajstić information content (AvgIpc) is 3.27. The first-order chi connectivity index (χ1) is 12.3. The summed E-state index contributed by atoms with van der Waals surface area (Å²) in [7, 11) is 0. The van der Waals surface area contributed by atoms with Crippen molar-refractivity contribution in [1.82, 2.24) is 30.5 Å². The van der Waals surface area contributed by atoms with Gasteiger partial charge in [0.15, 0.2) is 5.82 Å². The number of H-pyrrole nitrogens is 1. The zero-order valence-electron chi connectivity index (χ0n) is 13.1. The van der Waals surface area contributed by atoms with Crippen molar-refractivity contribution in [2.45, 2.75) is 13.0 Å². The standard InChI is InChI=1S/C17H14N6OS/c24-15(19-10-16-20-11-5-1-2-7-13(11)25-16)9-14-21-17(23-22-14)12-6-3-4-8-18-12/h1-8H,9-10H2,(H,19,24)(H,21,22,23). The minimum absolute atomic E-state index is 0.130. The number of amides is 1. The van der Waals surface area contributed by atoms with Gasteiger partial charge in [-0.15, -0.1) is 11.3 Å². The Morgan fingerprint density at radius 3 is 2.84 bits per heavy atom. The highest BCUT2D eigenvalue weighted by Crippen LogP contribution is 2.21. The number of benzene rings is 1. The molecule has 0 fully saturated rings. The van der Waals surface area contributed by atoms with Crippen LogP contribution in [0.4, 0.5) is 0 Å². The summed E-state index contributed by atoms with van der Waals surface area (Å²) in [6.07, 6.45) is 1.81. The lowest BCUT2D eigenvalue weighted by Gasteiger charge is -2.00. The van der Waals surface area contributed by atoms with E-state index >= 15 is 0 Å². The number of para-hydroxylation sites is 1. The summed E-state index contributed by atoms with van der Waals surface area (Å²) in [5.41, 5.74) is 1.62. The van der Waals surface area contributed by atoms with Crippen LogP contribution in [0.2, 0.25) is 0 Å². The van der Waals surface area contributed by atoms with Crippen LogP contribution in [0.15, 0.2) is 48.7 Å². The van der Waals surface area contributed by atoms with E-state index in [-0.39, 0.29) is 12.3 Å². The van der Waals surface area contributed by atoms with E-state index in [2.05, 4.69) is 30.5 Å². The number of rotatable bonds is 5. The van der Waals surface area contributed by atoms with E-state index in [9.17, 15) is 4.79 Å². The molecule has 124 valence electrons. The molecular weight excluding hydrogens is 336 g/mol. The maximum atomic E-state index is 12.1. The molecule has 7 nitrogen and oxygen atoms in total. The number of fused-ring (bicyclic) bond motifs is 1. The van der Waals surface area contributed by atoms with Crippen LogP contribution in [-0.4, -0.2) is 31.1 Å². The second-order valence-corrected chi connectivity index (χ2v) is 6.46. The Morgan fingerprint density at radius 1 is 1.12 bits per heavy atom. The van der Waals surface area contributed by atoms with E-state index in [1.807, 2.05) is 42.5 Å². The molecule has 0 saturated carbocycles. The quantitative estimate of drug-likeness (QED) is 0.576. The van der Waals surface area contributed by atoms with Gasteiger partial charge in [0.25, 0.3) is 0 Å². The first-order valence-electron chi connectivity index (χ1n) is 7.72. The fourth-order valence-corrected chi connectivity index (χ4v) is 3.28. The van der Waals surface area contributed by atoms with Gasteiger partial charge in [0, 0.05) is 6.20 Å². The summed E-state index contributed by atoms with van der Waals surface area (Å²) in [5, 5.41) is 10.6. The van der Waals surface area contributed by atoms with Crippen molar-refractivity contribution in [3.8, 4) is 11.5 Å². The van der Waals surface area contributed by atoms with Crippen molar-refractivity contribution in [3.63, 3.8) is 0 Å². The van der Waals surface area contributed by atoms with Gasteiger partial charge in [0.1, 0.15) is 16.5 Å². The molecule has 1 amide bonds. The number of pyridine rings is 1. The second kappa shape index (κ2) is 6.78. The molecule has 25 heavy (non-hydrogen) atoms. The number of aromatic amines is 1. The lowest BCUT2D eigenvalue weighted by atomic mass is 10.3. The molecule has 3 heterocycles.